The minimum Gasteiger partial charge on any atom is -0.384 e. The van der Waals surface area contributed by atoms with Gasteiger partial charge in [-0.15, -0.1) is 0 Å². The average molecular weight is 476 g/mol. The van der Waals surface area contributed by atoms with Crippen LogP contribution in [0.3, 0.4) is 0 Å². The Bertz CT molecular complexity index is 1030. The van der Waals surface area contributed by atoms with Gasteiger partial charge in [0, 0.05) is 36.7 Å². The van der Waals surface area contributed by atoms with E-state index in [0.29, 0.717) is 12.8 Å². The van der Waals surface area contributed by atoms with Crippen LogP contribution in [0, 0.1) is 0 Å². The zero-order valence-corrected chi connectivity index (χ0v) is 21.3. The number of nitrogens with zero attached hydrogens (tertiary/aromatic N) is 1. The number of anilines is 1. The first-order chi connectivity index (χ1) is 17.1. The molecule has 35 heavy (non-hydrogen) atoms. The fourth-order valence-electron chi connectivity index (χ4n) is 4.53. The van der Waals surface area contributed by atoms with Gasteiger partial charge in [-0.2, -0.15) is 0 Å². The minimum absolute atomic E-state index is 0.180. The average Bonchev–Trinajstić information content (AvgIpc) is 2.86. The summed E-state index contributed by atoms with van der Waals surface area (Å²) >= 11 is 0. The molecule has 0 saturated heterocycles. The van der Waals surface area contributed by atoms with Crippen molar-refractivity contribution in [2.45, 2.75) is 84.0 Å². The van der Waals surface area contributed by atoms with E-state index in [1.807, 2.05) is 12.1 Å². The maximum absolute atomic E-state index is 12.0. The van der Waals surface area contributed by atoms with Gasteiger partial charge in [-0.1, -0.05) is 74.9 Å². The third-order valence-corrected chi connectivity index (χ3v) is 6.50. The van der Waals surface area contributed by atoms with Gasteiger partial charge in [0.15, 0.2) is 0 Å². The Morgan fingerprint density at radius 1 is 0.657 bits per heavy atom. The number of carbonyl (C=O) groups excluding carboxylic acids is 2. The van der Waals surface area contributed by atoms with Gasteiger partial charge < -0.3 is 15.4 Å². The van der Waals surface area contributed by atoms with Gasteiger partial charge in [0.1, 0.15) is 5.78 Å². The molecule has 0 aliphatic rings. The Morgan fingerprint density at radius 3 is 1.80 bits per heavy atom. The normalized spacial score (nSPS) is 11.1. The standard InChI is InChI=1S/C30H41N3O2/c1-24(34)16-8-4-2-6-14-22-31-29(35)21-9-5-3-7-15-23-32-30-25-17-10-12-19-27(25)33-28-20-13-11-18-26(28)30/h10-13,17-20H,2-9,14-16,21-23H2,1H3,(H,31,35)(H,32,33). The summed E-state index contributed by atoms with van der Waals surface area (Å²) in [6.07, 6.45) is 12.2. The minimum atomic E-state index is 0.180. The zero-order valence-electron chi connectivity index (χ0n) is 21.3. The lowest BCUT2D eigenvalue weighted by atomic mass is 10.1. The molecule has 1 amide bonds. The molecule has 0 aliphatic carbocycles. The maximum Gasteiger partial charge on any atom is 0.219 e. The summed E-state index contributed by atoms with van der Waals surface area (Å²) in [4.78, 5) is 27.7. The van der Waals surface area contributed by atoms with Crippen molar-refractivity contribution in [1.82, 2.24) is 10.3 Å². The van der Waals surface area contributed by atoms with Crippen LogP contribution in [-0.2, 0) is 9.59 Å². The molecule has 188 valence electrons. The van der Waals surface area contributed by atoms with Crippen LogP contribution in [0.15, 0.2) is 48.5 Å². The molecule has 0 aliphatic heterocycles. The van der Waals surface area contributed by atoms with Crippen LogP contribution in [-0.4, -0.2) is 29.8 Å². The third-order valence-electron chi connectivity index (χ3n) is 6.50. The molecule has 5 heteroatoms. The molecule has 2 N–H and O–H groups in total. The van der Waals surface area contributed by atoms with E-state index in [1.54, 1.807) is 6.92 Å². The highest BCUT2D eigenvalue weighted by molar-refractivity contribution is 6.07. The van der Waals surface area contributed by atoms with E-state index in [1.165, 1.54) is 22.9 Å². The fraction of sp³-hybridized carbons (Fsp3) is 0.500. The van der Waals surface area contributed by atoms with E-state index < -0.39 is 0 Å². The molecule has 0 spiro atoms. The van der Waals surface area contributed by atoms with Crippen LogP contribution in [0.1, 0.15) is 84.0 Å². The summed E-state index contributed by atoms with van der Waals surface area (Å²) in [5.74, 6) is 0.459. The molecule has 5 nitrogen and oxygen atoms in total. The molecule has 2 aromatic carbocycles. The van der Waals surface area contributed by atoms with Crippen molar-refractivity contribution in [3.63, 3.8) is 0 Å². The number of hydrogen-bond donors (Lipinski definition) is 2. The number of nitrogens with one attached hydrogen (secondary N) is 2. The highest BCUT2D eigenvalue weighted by atomic mass is 16.1. The molecule has 0 unspecified atom stereocenters. The summed E-state index contributed by atoms with van der Waals surface area (Å²) in [6.45, 7) is 3.36. The van der Waals surface area contributed by atoms with Crippen molar-refractivity contribution in [3.05, 3.63) is 48.5 Å². The Balaban J connectivity index is 1.24. The Kier molecular flexibility index (Phi) is 11.5. The summed E-state index contributed by atoms with van der Waals surface area (Å²) < 4.78 is 0. The van der Waals surface area contributed by atoms with Gasteiger partial charge in [0.25, 0.3) is 0 Å². The molecule has 3 rings (SSSR count). The molecular weight excluding hydrogens is 434 g/mol. The second-order valence-electron chi connectivity index (χ2n) is 9.54. The topological polar surface area (TPSA) is 71.1 Å². The quantitative estimate of drug-likeness (QED) is 0.160. The maximum atomic E-state index is 12.0. The third kappa shape index (κ3) is 9.31. The lowest BCUT2D eigenvalue weighted by Crippen LogP contribution is -2.23. The first-order valence-electron chi connectivity index (χ1n) is 13.4. The largest absolute Gasteiger partial charge is 0.384 e. The smallest absolute Gasteiger partial charge is 0.219 e. The first kappa shape index (κ1) is 26.7. The van der Waals surface area contributed by atoms with Gasteiger partial charge in [-0.25, -0.2) is 4.98 Å². The first-order valence-corrected chi connectivity index (χ1v) is 13.4. The second kappa shape index (κ2) is 15.1. The van der Waals surface area contributed by atoms with Crippen molar-refractivity contribution in [2.24, 2.45) is 0 Å². The van der Waals surface area contributed by atoms with E-state index >= 15 is 0 Å². The number of Topliss-reactive ketones (excluding diaryl/α,β-unsaturated/α-hetero) is 1. The van der Waals surface area contributed by atoms with Crippen molar-refractivity contribution >= 4 is 39.2 Å². The van der Waals surface area contributed by atoms with E-state index in [-0.39, 0.29) is 11.7 Å². The number of ketones is 1. The molecular formula is C30H41N3O2. The van der Waals surface area contributed by atoms with E-state index in [2.05, 4.69) is 47.0 Å². The molecule has 0 fully saturated rings. The van der Waals surface area contributed by atoms with Crippen LogP contribution >= 0.6 is 0 Å². The van der Waals surface area contributed by atoms with Crippen molar-refractivity contribution < 1.29 is 9.59 Å². The van der Waals surface area contributed by atoms with Crippen LogP contribution in [0.5, 0.6) is 0 Å². The van der Waals surface area contributed by atoms with Gasteiger partial charge in [-0.05, 0) is 44.7 Å². The fourth-order valence-corrected chi connectivity index (χ4v) is 4.53. The van der Waals surface area contributed by atoms with Crippen molar-refractivity contribution in [2.75, 3.05) is 18.4 Å². The molecule has 1 aromatic heterocycles. The zero-order chi connectivity index (χ0) is 24.7. The van der Waals surface area contributed by atoms with E-state index in [9.17, 15) is 9.59 Å². The number of amides is 1. The molecule has 1 heterocycles. The number of unbranched alkanes of at least 4 members (excludes halogenated alkanes) is 8. The highest BCUT2D eigenvalue weighted by Crippen LogP contribution is 2.30. The van der Waals surface area contributed by atoms with E-state index in [0.717, 1.165) is 81.9 Å². The van der Waals surface area contributed by atoms with Gasteiger partial charge in [-0.3, -0.25) is 4.79 Å². The Morgan fingerprint density at radius 2 is 1.17 bits per heavy atom. The molecule has 0 bridgehead atoms. The SMILES string of the molecule is CC(=O)CCCCCCCNC(=O)CCCCCCCNc1c2ccccc2nc2ccccc12. The second-order valence-corrected chi connectivity index (χ2v) is 9.54. The Hall–Kier alpha value is -2.95. The predicted octanol–water partition coefficient (Wildman–Crippen LogP) is 7.19. The van der Waals surface area contributed by atoms with Crippen molar-refractivity contribution in [3.8, 4) is 0 Å². The van der Waals surface area contributed by atoms with Crippen molar-refractivity contribution in [1.29, 1.82) is 0 Å². The number of hydrogen-bond acceptors (Lipinski definition) is 4. The van der Waals surface area contributed by atoms with Gasteiger partial charge in [0.2, 0.25) is 5.91 Å². The van der Waals surface area contributed by atoms with Crippen LogP contribution in [0.25, 0.3) is 21.8 Å². The van der Waals surface area contributed by atoms with Gasteiger partial charge in [0.05, 0.1) is 16.7 Å². The lowest BCUT2D eigenvalue weighted by molar-refractivity contribution is -0.121. The monoisotopic (exact) mass is 475 g/mol. The number of rotatable bonds is 17. The number of benzene rings is 2. The molecule has 0 radical (unpaired) electrons. The summed E-state index contributed by atoms with van der Waals surface area (Å²) in [5.41, 5.74) is 3.23. The lowest BCUT2D eigenvalue weighted by Gasteiger charge is -2.13. The van der Waals surface area contributed by atoms with Gasteiger partial charge >= 0.3 is 0 Å². The summed E-state index contributed by atoms with van der Waals surface area (Å²) in [7, 11) is 0. The van der Waals surface area contributed by atoms with Crippen LogP contribution < -0.4 is 10.6 Å². The number of aromatic nitrogens is 1. The Labute approximate surface area is 210 Å². The number of para-hydroxylation sites is 2. The predicted molar refractivity (Wildman–Crippen MR) is 147 cm³/mol. The molecule has 0 atom stereocenters. The highest BCUT2D eigenvalue weighted by Gasteiger charge is 2.08. The van der Waals surface area contributed by atoms with Crippen LogP contribution in [0.2, 0.25) is 0 Å². The van der Waals surface area contributed by atoms with Crippen LogP contribution in [0.4, 0.5) is 5.69 Å². The van der Waals surface area contributed by atoms with E-state index in [4.69, 9.17) is 4.98 Å². The summed E-state index contributed by atoms with van der Waals surface area (Å²) in [6, 6.07) is 16.6. The number of fused-ring (bicyclic) bond motifs is 2. The summed E-state index contributed by atoms with van der Waals surface area (Å²) in [5, 5.41) is 9.06. The number of carbonyl (C=O) groups is 2. The molecule has 0 saturated carbocycles. The molecule has 3 aromatic rings. The number of pyridine rings is 1.